The predicted octanol–water partition coefficient (Wildman–Crippen LogP) is 4.59. The molecule has 1 atom stereocenters. The Bertz CT molecular complexity index is 1310. The number of nitrogens with zero attached hydrogens (tertiary/aromatic N) is 5. The van der Waals surface area contributed by atoms with E-state index in [9.17, 15) is 13.0 Å². The normalized spacial score (nSPS) is 16.7. The first kappa shape index (κ1) is 24.2. The van der Waals surface area contributed by atoms with Crippen molar-refractivity contribution in [3.05, 3.63) is 60.3 Å². The number of hydrogen-bond donors (Lipinski definition) is 0. The number of likely N-dealkylation sites (N-methyl/N-ethyl adjacent to an activating group) is 1. The van der Waals surface area contributed by atoms with Crippen LogP contribution in [0, 0.1) is 0 Å². The summed E-state index contributed by atoms with van der Waals surface area (Å²) in [6.45, 7) is 5.81. The van der Waals surface area contributed by atoms with Crippen LogP contribution >= 0.6 is 11.3 Å². The van der Waals surface area contributed by atoms with Gasteiger partial charge in [-0.25, -0.2) is 18.3 Å². The minimum Gasteiger partial charge on any atom is -0.304 e. The average molecular weight is 516 g/mol. The van der Waals surface area contributed by atoms with E-state index < -0.39 is 16.7 Å². The quantitative estimate of drug-likeness (QED) is 0.360. The third-order valence-corrected chi connectivity index (χ3v) is 8.84. The van der Waals surface area contributed by atoms with E-state index >= 15 is 0 Å². The van der Waals surface area contributed by atoms with Gasteiger partial charge < -0.3 is 4.90 Å². The molecule has 2 aromatic heterocycles. The number of piperazine rings is 1. The average Bonchev–Trinajstić information content (AvgIpc) is 3.43. The maximum absolute atomic E-state index is 13.7. The number of halogens is 2. The van der Waals surface area contributed by atoms with Crippen LogP contribution in [0.2, 0.25) is 0 Å². The summed E-state index contributed by atoms with van der Waals surface area (Å²) in [4.78, 5) is 10.0. The molecule has 0 radical (unpaired) electrons. The summed E-state index contributed by atoms with van der Waals surface area (Å²) in [6.07, 6.45) is 1.83. The summed E-state index contributed by atoms with van der Waals surface area (Å²) in [5.41, 5.74) is 3.26. The fourth-order valence-electron chi connectivity index (χ4n) is 4.09. The zero-order valence-electron chi connectivity index (χ0n) is 19.7. The molecule has 4 aromatic rings. The molecule has 1 saturated heterocycles. The van der Waals surface area contributed by atoms with Crippen molar-refractivity contribution >= 4 is 27.1 Å². The molecule has 184 valence electrons. The first-order chi connectivity index (χ1) is 16.8. The van der Waals surface area contributed by atoms with Crippen molar-refractivity contribution in [2.75, 3.05) is 45.5 Å². The van der Waals surface area contributed by atoms with Gasteiger partial charge in [0.25, 0.3) is 5.92 Å². The first-order valence-corrected chi connectivity index (χ1v) is 13.6. The van der Waals surface area contributed by atoms with Crippen molar-refractivity contribution in [2.24, 2.45) is 0 Å². The van der Waals surface area contributed by atoms with Crippen LogP contribution in [0.3, 0.4) is 0 Å². The van der Waals surface area contributed by atoms with Crippen LogP contribution in [0.1, 0.15) is 12.5 Å². The van der Waals surface area contributed by atoms with Crippen LogP contribution in [0.5, 0.6) is 0 Å². The van der Waals surface area contributed by atoms with E-state index in [0.29, 0.717) is 15.1 Å². The number of benzene rings is 2. The molecular formula is C25H27F2N5OS2. The molecule has 0 spiro atoms. The van der Waals surface area contributed by atoms with Crippen molar-refractivity contribution in [2.45, 2.75) is 17.2 Å². The van der Waals surface area contributed by atoms with Crippen molar-refractivity contribution in [1.82, 2.24) is 24.4 Å². The van der Waals surface area contributed by atoms with Crippen LogP contribution < -0.4 is 0 Å². The Labute approximate surface area is 209 Å². The lowest BCUT2D eigenvalue weighted by Gasteiger charge is -2.32. The van der Waals surface area contributed by atoms with Gasteiger partial charge in [-0.05, 0) is 24.2 Å². The monoisotopic (exact) mass is 515 g/mol. The van der Waals surface area contributed by atoms with E-state index in [1.165, 1.54) is 23.5 Å². The van der Waals surface area contributed by atoms with E-state index in [0.717, 1.165) is 62.0 Å². The first-order valence-electron chi connectivity index (χ1n) is 11.5. The van der Waals surface area contributed by atoms with E-state index in [-0.39, 0.29) is 5.56 Å². The van der Waals surface area contributed by atoms with Gasteiger partial charge in [0.05, 0.1) is 22.7 Å². The highest BCUT2D eigenvalue weighted by molar-refractivity contribution is 7.87. The molecule has 5 rings (SSSR count). The molecule has 0 aliphatic carbocycles. The Morgan fingerprint density at radius 3 is 2.43 bits per heavy atom. The largest absolute Gasteiger partial charge is 0.304 e. The number of imidazole rings is 1. The predicted molar refractivity (Wildman–Crippen MR) is 137 cm³/mol. The molecule has 10 heteroatoms. The highest BCUT2D eigenvalue weighted by Gasteiger charge is 2.24. The lowest BCUT2D eigenvalue weighted by atomic mass is 9.99. The van der Waals surface area contributed by atoms with Crippen LogP contribution in [-0.2, 0) is 16.7 Å². The van der Waals surface area contributed by atoms with Crippen molar-refractivity contribution in [3.8, 4) is 22.4 Å². The summed E-state index contributed by atoms with van der Waals surface area (Å²) in [7, 11) is 0.972. The summed E-state index contributed by atoms with van der Waals surface area (Å²) >= 11 is 1.35. The molecule has 1 aliphatic rings. The SMILES string of the molecule is CN1CCN(CCS(=O)c2nn3cc(-c4ccc(-c5cccc(C(C)(F)F)c5)cc4)nc3s2)CC1. The molecular weight excluding hydrogens is 488 g/mol. The Hall–Kier alpha value is -2.53. The summed E-state index contributed by atoms with van der Waals surface area (Å²) in [6, 6.07) is 14.1. The fraction of sp³-hybridized carbons (Fsp3) is 0.360. The molecule has 0 bridgehead atoms. The molecule has 2 aromatic carbocycles. The molecule has 35 heavy (non-hydrogen) atoms. The Morgan fingerprint density at radius 2 is 1.74 bits per heavy atom. The zero-order valence-corrected chi connectivity index (χ0v) is 21.3. The molecule has 3 heterocycles. The molecule has 1 fully saturated rings. The van der Waals surface area contributed by atoms with Gasteiger partial charge >= 0.3 is 0 Å². The number of rotatable bonds is 7. The summed E-state index contributed by atoms with van der Waals surface area (Å²) in [5.74, 6) is -2.31. The third-order valence-electron chi connectivity index (χ3n) is 6.29. The Kier molecular flexibility index (Phi) is 6.80. The van der Waals surface area contributed by atoms with Gasteiger partial charge in [0.15, 0.2) is 0 Å². The lowest BCUT2D eigenvalue weighted by molar-refractivity contribution is 0.0175. The molecule has 0 saturated carbocycles. The Morgan fingerprint density at radius 1 is 1.03 bits per heavy atom. The van der Waals surface area contributed by atoms with Gasteiger partial charge in [-0.1, -0.05) is 53.8 Å². The van der Waals surface area contributed by atoms with Gasteiger partial charge in [0, 0.05) is 56.5 Å². The molecule has 6 nitrogen and oxygen atoms in total. The summed E-state index contributed by atoms with van der Waals surface area (Å²) < 4.78 is 42.4. The number of hydrogen-bond acceptors (Lipinski definition) is 6. The smallest absolute Gasteiger partial charge is 0.270 e. The molecule has 1 unspecified atom stereocenters. The number of fused-ring (bicyclic) bond motifs is 1. The van der Waals surface area contributed by atoms with Crippen LogP contribution in [0.15, 0.2) is 59.1 Å². The van der Waals surface area contributed by atoms with E-state index in [1.54, 1.807) is 10.6 Å². The van der Waals surface area contributed by atoms with Gasteiger partial charge in [0.2, 0.25) is 9.30 Å². The van der Waals surface area contributed by atoms with Crippen molar-refractivity contribution in [3.63, 3.8) is 0 Å². The second-order valence-electron chi connectivity index (χ2n) is 8.96. The second-order valence-corrected chi connectivity index (χ2v) is 11.7. The maximum atomic E-state index is 13.7. The molecule has 0 amide bonds. The zero-order chi connectivity index (χ0) is 24.6. The molecule has 1 aliphatic heterocycles. The van der Waals surface area contributed by atoms with Crippen LogP contribution in [-0.4, -0.2) is 74.1 Å². The highest BCUT2D eigenvalue weighted by atomic mass is 32.2. The Balaban J connectivity index is 1.26. The van der Waals surface area contributed by atoms with Crippen molar-refractivity contribution in [1.29, 1.82) is 0 Å². The van der Waals surface area contributed by atoms with Gasteiger partial charge in [-0.2, -0.15) is 0 Å². The topological polar surface area (TPSA) is 53.7 Å². The van der Waals surface area contributed by atoms with E-state index in [2.05, 4.69) is 26.9 Å². The third kappa shape index (κ3) is 5.50. The van der Waals surface area contributed by atoms with Gasteiger partial charge in [-0.3, -0.25) is 9.11 Å². The summed E-state index contributed by atoms with van der Waals surface area (Å²) in [5, 5.41) is 4.51. The van der Waals surface area contributed by atoms with Crippen molar-refractivity contribution < 1.29 is 13.0 Å². The minimum absolute atomic E-state index is 0.00351. The maximum Gasteiger partial charge on any atom is 0.270 e. The van der Waals surface area contributed by atoms with E-state index in [4.69, 9.17) is 0 Å². The van der Waals surface area contributed by atoms with Gasteiger partial charge in [0.1, 0.15) is 0 Å². The van der Waals surface area contributed by atoms with E-state index in [1.807, 2.05) is 36.5 Å². The molecule has 0 N–H and O–H groups in total. The lowest BCUT2D eigenvalue weighted by Crippen LogP contribution is -2.45. The minimum atomic E-state index is -2.88. The van der Waals surface area contributed by atoms with Crippen LogP contribution in [0.25, 0.3) is 27.3 Å². The number of aromatic nitrogens is 3. The van der Waals surface area contributed by atoms with Crippen LogP contribution in [0.4, 0.5) is 8.78 Å². The standard InChI is InChI=1S/C25H27F2N5OS2/c1-25(26,27)21-5-3-4-20(16-21)18-6-8-19(9-7-18)22-17-32-23(28-22)34-24(29-32)35(33)15-14-31-12-10-30(2)11-13-31/h3-9,16-17H,10-15H2,1-2H3. The second kappa shape index (κ2) is 9.85. The van der Waals surface area contributed by atoms with Gasteiger partial charge in [-0.15, -0.1) is 5.10 Å². The highest BCUT2D eigenvalue weighted by Crippen LogP contribution is 2.31. The number of alkyl halides is 2. The fourth-order valence-corrected chi connectivity index (χ4v) is 6.33.